The van der Waals surface area contributed by atoms with E-state index in [1.807, 2.05) is 6.92 Å². The number of aliphatic carboxylic acids is 1. The number of aromatic nitrogens is 1. The van der Waals surface area contributed by atoms with E-state index in [9.17, 15) is 44.1 Å². The van der Waals surface area contributed by atoms with Crippen molar-refractivity contribution < 1.29 is 88.0 Å². The number of thiazole rings is 1. The van der Waals surface area contributed by atoms with Crippen molar-refractivity contribution in [2.45, 2.75) is 62.3 Å². The van der Waals surface area contributed by atoms with E-state index in [4.69, 9.17) is 21.0 Å². The number of carbonyl (C=O) groups is 6. The summed E-state index contributed by atoms with van der Waals surface area (Å²) >= 11 is 2.57. The van der Waals surface area contributed by atoms with Gasteiger partial charge in [0.2, 0.25) is 5.78 Å². The second-order valence-corrected chi connectivity index (χ2v) is 17.0. The largest absolute Gasteiger partial charge is 1.00 e. The fourth-order valence-corrected chi connectivity index (χ4v) is 9.01. The number of phenols is 2. The van der Waals surface area contributed by atoms with Crippen LogP contribution in [0.3, 0.4) is 0 Å². The standard InChI is InChI=1S/C31H35N7O8S2.C4H8O3.Na/c1-15-17(23(29(45)46-2)37-27(44)22(28(37)48-15)36-25(42)21(32)18-13-47-30(33)35-18)12-38-8-5-31(6-9-38,7-10-38)14-34-26(43)24(41)16-3-4-19(39)20(40)11-16;1-4(2,7)3(5)6;/h3-4,11,13,15,22,28H,5-10,12,14H2,1-2H3,(H6-,32,33,34,35,36,39,40,41,42,43);7H,1-2H3,(H,5,6);/q;;+1/t15?,22-,28?,31?,38?;;/m1../s1. The molecule has 0 saturated carbocycles. The van der Waals surface area contributed by atoms with Crippen molar-refractivity contribution in [3.63, 3.8) is 0 Å². The van der Waals surface area contributed by atoms with E-state index >= 15 is 0 Å². The Morgan fingerprint density at radius 3 is 2.25 bits per heavy atom. The van der Waals surface area contributed by atoms with E-state index < -0.39 is 63.9 Å². The van der Waals surface area contributed by atoms with Crippen LogP contribution in [-0.2, 0) is 28.7 Å². The number of methoxy groups -OCH3 is 1. The van der Waals surface area contributed by atoms with E-state index in [0.717, 1.165) is 81.8 Å². The number of nitrogens with zero attached hydrogens (tertiary/aromatic N) is 3. The van der Waals surface area contributed by atoms with Crippen molar-refractivity contribution in [1.29, 1.82) is 5.41 Å². The smallest absolute Gasteiger partial charge is 0.547 e. The zero-order valence-electron chi connectivity index (χ0n) is 31.5. The molecule has 3 atom stereocenters. The molecule has 0 spiro atoms. The summed E-state index contributed by atoms with van der Waals surface area (Å²) in [6.45, 7) is 7.49. The Balaban J connectivity index is 0.000000796. The number of benzene rings is 1. The number of nitrogens with two attached hydrogens (primary N) is 1. The van der Waals surface area contributed by atoms with Crippen molar-refractivity contribution in [2.24, 2.45) is 5.41 Å². The van der Waals surface area contributed by atoms with Crippen LogP contribution in [0.15, 0.2) is 34.8 Å². The van der Waals surface area contributed by atoms with Crippen LogP contribution < -0.4 is 51.0 Å². The molecule has 1 aromatic carbocycles. The van der Waals surface area contributed by atoms with E-state index in [1.165, 1.54) is 35.2 Å². The third-order valence-corrected chi connectivity index (χ3v) is 12.6. The first-order chi connectivity index (χ1) is 25.7. The minimum Gasteiger partial charge on any atom is -0.547 e. The van der Waals surface area contributed by atoms with Gasteiger partial charge in [0.15, 0.2) is 16.6 Å². The minimum absolute atomic E-state index is 0. The van der Waals surface area contributed by atoms with Crippen LogP contribution in [-0.4, -0.2) is 133 Å². The topological polar surface area (TPSA) is 285 Å². The van der Waals surface area contributed by atoms with Crippen molar-refractivity contribution >= 4 is 69.4 Å². The quantitative estimate of drug-likeness (QED) is 0.0168. The average Bonchev–Trinajstić information content (AvgIpc) is 3.60. The van der Waals surface area contributed by atoms with Gasteiger partial charge < -0.3 is 50.8 Å². The number of amides is 3. The molecule has 296 valence electrons. The number of quaternary nitrogens is 1. The molecule has 21 heteroatoms. The third-order valence-electron chi connectivity index (χ3n) is 10.5. The van der Waals surface area contributed by atoms with Crippen LogP contribution in [0.5, 0.6) is 11.5 Å². The first-order valence-electron chi connectivity index (χ1n) is 17.3. The normalized spacial score (nSPS) is 25.0. The van der Waals surface area contributed by atoms with Crippen LogP contribution in [0.4, 0.5) is 5.13 Å². The zero-order valence-corrected chi connectivity index (χ0v) is 35.2. The monoisotopic (exact) mass is 824 g/mol. The summed E-state index contributed by atoms with van der Waals surface area (Å²) in [6.07, 6.45) is 2.37. The number of carboxylic acids is 1. The van der Waals surface area contributed by atoms with E-state index in [0.29, 0.717) is 17.6 Å². The number of aromatic hydroxyl groups is 2. The molecular weight excluding hydrogens is 782 g/mol. The molecule has 56 heavy (non-hydrogen) atoms. The first kappa shape index (κ1) is 44.7. The van der Waals surface area contributed by atoms with Gasteiger partial charge in [-0.05, 0) is 39.0 Å². The molecule has 18 nitrogen and oxygen atoms in total. The summed E-state index contributed by atoms with van der Waals surface area (Å²) in [7, 11) is 1.27. The van der Waals surface area contributed by atoms with Gasteiger partial charge in [0.1, 0.15) is 35.1 Å². The number of β-lactam (4-membered cyclic amide) rings is 1. The summed E-state index contributed by atoms with van der Waals surface area (Å²) in [4.78, 5) is 79.8. The molecule has 5 aliphatic rings. The number of esters is 1. The second kappa shape index (κ2) is 17.2. The number of rotatable bonds is 11. The summed E-state index contributed by atoms with van der Waals surface area (Å²) in [5.74, 6) is -5.73. The van der Waals surface area contributed by atoms with Gasteiger partial charge in [0, 0.05) is 53.0 Å². The number of Topliss-reactive ketones (excluding diaryl/α,β-unsaturated/α-hetero) is 1. The molecule has 7 rings (SSSR count). The molecule has 2 unspecified atom stereocenters. The molecule has 0 radical (unpaired) electrons. The maximum Gasteiger partial charge on any atom is 1.00 e. The van der Waals surface area contributed by atoms with Crippen molar-refractivity contribution in [3.8, 4) is 11.5 Å². The van der Waals surface area contributed by atoms with Crippen LogP contribution in [0.1, 0.15) is 56.1 Å². The summed E-state index contributed by atoms with van der Waals surface area (Å²) < 4.78 is 5.85. The van der Waals surface area contributed by atoms with Crippen LogP contribution in [0.2, 0.25) is 0 Å². The Hall–Kier alpha value is -4.05. The van der Waals surface area contributed by atoms with E-state index in [1.54, 1.807) is 0 Å². The molecule has 6 heterocycles. The van der Waals surface area contributed by atoms with Crippen molar-refractivity contribution in [2.75, 3.05) is 45.6 Å². The Labute approximate surface area is 352 Å². The Kier molecular flexibility index (Phi) is 13.7. The number of phenolic OH excluding ortho intramolecular Hbond substituents is 2. The van der Waals surface area contributed by atoms with Crippen LogP contribution in [0, 0.1) is 10.8 Å². The Morgan fingerprint density at radius 2 is 1.73 bits per heavy atom. The molecule has 2 bridgehead atoms. The fourth-order valence-electron chi connectivity index (χ4n) is 7.02. The number of anilines is 1. The van der Waals surface area contributed by atoms with Crippen LogP contribution >= 0.6 is 23.1 Å². The number of ketones is 1. The second-order valence-electron chi connectivity index (χ2n) is 14.6. The number of thioether (sulfide) groups is 1. The van der Waals surface area contributed by atoms with Crippen LogP contribution in [0.25, 0.3) is 0 Å². The molecule has 3 amide bonds. The SMILES string of the molecule is CC(C)(O)C(=O)[O-].COC(=O)C1=C(C[N+]23CCC(CNC(=O)C(=O)c4ccc(O)c(O)c4)(CC2)CC3)C(C)SC2[C@H](NC(=O)C(=N)c3csc(N)n3)C(=O)N12.[Na+]. The average molecular weight is 825 g/mol. The summed E-state index contributed by atoms with van der Waals surface area (Å²) in [6, 6.07) is 2.57. The molecule has 0 aliphatic carbocycles. The van der Waals surface area contributed by atoms with Gasteiger partial charge in [-0.25, -0.2) is 9.78 Å². The van der Waals surface area contributed by atoms with Gasteiger partial charge in [0.05, 0.1) is 38.3 Å². The number of carboxylic acid groups (broad SMARTS) is 1. The number of nitrogen functional groups attached to an aromatic ring is 1. The predicted octanol–water partition coefficient (Wildman–Crippen LogP) is -3.77. The molecule has 4 saturated heterocycles. The van der Waals surface area contributed by atoms with Crippen molar-refractivity contribution in [1.82, 2.24) is 20.5 Å². The summed E-state index contributed by atoms with van der Waals surface area (Å²) in [5, 5.41) is 51.9. The maximum absolute atomic E-state index is 13.4. The minimum atomic E-state index is -1.69. The van der Waals surface area contributed by atoms with Gasteiger partial charge in [-0.1, -0.05) is 0 Å². The number of hydrogen-bond donors (Lipinski definition) is 7. The number of aliphatic hydroxyl groups is 1. The van der Waals surface area contributed by atoms with Gasteiger partial charge in [-0.15, -0.1) is 23.1 Å². The molecule has 2 aromatic rings. The number of hydrogen-bond acceptors (Lipinski definition) is 16. The fraction of sp³-hybridized carbons (Fsp3) is 0.486. The number of piperidine rings is 3. The zero-order chi connectivity index (χ0) is 40.6. The maximum atomic E-state index is 13.4. The number of fused-ring (bicyclic) bond motifs is 4. The molecular formula is C35H43N7NaO11S2+. The predicted molar refractivity (Wildman–Crippen MR) is 196 cm³/mol. The van der Waals surface area contributed by atoms with E-state index in [-0.39, 0.29) is 68.1 Å². The Bertz CT molecular complexity index is 1960. The third kappa shape index (κ3) is 9.22. The number of carbonyl (C=O) groups excluding carboxylic acids is 6. The van der Waals surface area contributed by atoms with Gasteiger partial charge in [-0.2, -0.15) is 0 Å². The molecule has 5 aliphatic heterocycles. The molecule has 8 N–H and O–H groups in total. The Morgan fingerprint density at radius 1 is 1.12 bits per heavy atom. The van der Waals surface area contributed by atoms with Gasteiger partial charge in [0.25, 0.3) is 17.7 Å². The van der Waals surface area contributed by atoms with Gasteiger partial charge in [-0.3, -0.25) is 29.5 Å². The number of nitrogens with one attached hydrogen (secondary N) is 3. The molecule has 1 aromatic heterocycles. The van der Waals surface area contributed by atoms with Crippen molar-refractivity contribution in [3.05, 3.63) is 46.1 Å². The summed E-state index contributed by atoms with van der Waals surface area (Å²) in [5.41, 5.74) is 4.46. The molecule has 4 fully saturated rings. The first-order valence-corrected chi connectivity index (χ1v) is 19.1. The number of ether oxygens (including phenoxy) is 1. The van der Waals surface area contributed by atoms with Gasteiger partial charge >= 0.3 is 35.5 Å². The van der Waals surface area contributed by atoms with E-state index in [2.05, 4.69) is 15.6 Å².